The van der Waals surface area contributed by atoms with Crippen LogP contribution in [0.15, 0.2) is 41.6 Å². The molecule has 4 nitrogen and oxygen atoms in total. The molecule has 0 saturated heterocycles. The summed E-state index contributed by atoms with van der Waals surface area (Å²) in [6.45, 7) is 0.575. The van der Waals surface area contributed by atoms with E-state index in [1.54, 1.807) is 37.6 Å². The predicted octanol–water partition coefficient (Wildman–Crippen LogP) is 3.03. The Morgan fingerprint density at radius 2 is 2.10 bits per heavy atom. The van der Waals surface area contributed by atoms with Gasteiger partial charge in [-0.1, -0.05) is 28.1 Å². The van der Waals surface area contributed by atoms with Crippen LogP contribution in [-0.4, -0.2) is 36.1 Å². The van der Waals surface area contributed by atoms with Gasteiger partial charge in [0.2, 0.25) is 10.0 Å². The van der Waals surface area contributed by atoms with E-state index in [-0.39, 0.29) is 0 Å². The molecular weight excluding hydrogens is 352 g/mol. The molecule has 0 unspecified atom stereocenters. The van der Waals surface area contributed by atoms with Gasteiger partial charge in [-0.2, -0.15) is 0 Å². The van der Waals surface area contributed by atoms with E-state index in [4.69, 9.17) is 0 Å². The molecule has 6 heteroatoms. The van der Waals surface area contributed by atoms with Gasteiger partial charge in [-0.05, 0) is 30.9 Å². The number of benzene rings is 1. The van der Waals surface area contributed by atoms with Gasteiger partial charge in [0.15, 0.2) is 0 Å². The van der Waals surface area contributed by atoms with Gasteiger partial charge < -0.3 is 0 Å². The number of rotatable bonds is 4. The molecule has 0 atom stereocenters. The summed E-state index contributed by atoms with van der Waals surface area (Å²) < 4.78 is 27.1. The highest BCUT2D eigenvalue weighted by atomic mass is 79.9. The molecule has 3 rings (SSSR count). The normalized spacial score (nSPS) is 22.4. The maximum atomic E-state index is 12.8. The van der Waals surface area contributed by atoms with Gasteiger partial charge in [-0.25, -0.2) is 12.7 Å². The molecule has 21 heavy (non-hydrogen) atoms. The van der Waals surface area contributed by atoms with Crippen molar-refractivity contribution >= 4 is 36.7 Å². The van der Waals surface area contributed by atoms with Crippen LogP contribution in [0.5, 0.6) is 0 Å². The molecule has 1 saturated carbocycles. The van der Waals surface area contributed by atoms with E-state index < -0.39 is 10.0 Å². The van der Waals surface area contributed by atoms with Crippen molar-refractivity contribution in [2.24, 2.45) is 5.92 Å². The minimum atomic E-state index is -3.46. The van der Waals surface area contributed by atoms with Gasteiger partial charge in [-0.15, -0.1) is 0 Å². The summed E-state index contributed by atoms with van der Waals surface area (Å²) in [6.07, 6.45) is 5.40. The fourth-order valence-corrected chi connectivity index (χ4v) is 5.27. The Balaban J connectivity index is 1.92. The SMILES string of the molecule is CN(CC1CC(Br)C1)S(=O)(=O)c1cccc2cnccc12. The summed E-state index contributed by atoms with van der Waals surface area (Å²) >= 11 is 3.54. The summed E-state index contributed by atoms with van der Waals surface area (Å²) in [5, 5.41) is 1.57. The van der Waals surface area contributed by atoms with Crippen LogP contribution in [0.4, 0.5) is 0 Å². The zero-order valence-electron chi connectivity index (χ0n) is 11.7. The molecule has 0 N–H and O–H groups in total. The molecule has 1 aromatic heterocycles. The third-order valence-corrected chi connectivity index (χ3v) is 6.65. The number of sulfonamides is 1. The average molecular weight is 369 g/mol. The first kappa shape index (κ1) is 14.9. The molecule has 1 aromatic carbocycles. The fourth-order valence-electron chi connectivity index (χ4n) is 2.75. The van der Waals surface area contributed by atoms with Gasteiger partial charge in [0, 0.05) is 41.6 Å². The highest BCUT2D eigenvalue weighted by molar-refractivity contribution is 9.09. The number of fused-ring (bicyclic) bond motifs is 1. The standard InChI is InChI=1S/C15H17BrN2O2S/c1-18(10-11-7-13(16)8-11)21(19,20)15-4-2-3-12-9-17-6-5-14(12)15/h2-6,9,11,13H,7-8,10H2,1H3. The van der Waals surface area contributed by atoms with Gasteiger partial charge >= 0.3 is 0 Å². The number of halogens is 1. The first-order valence-electron chi connectivity index (χ1n) is 6.91. The molecule has 1 heterocycles. The minimum absolute atomic E-state index is 0.361. The first-order valence-corrected chi connectivity index (χ1v) is 9.27. The second kappa shape index (κ2) is 5.66. The lowest BCUT2D eigenvalue weighted by molar-refractivity contribution is 0.275. The number of hydrogen-bond donors (Lipinski definition) is 0. The average Bonchev–Trinajstić information content (AvgIpc) is 2.44. The van der Waals surface area contributed by atoms with Crippen molar-refractivity contribution in [1.82, 2.24) is 9.29 Å². The Hall–Kier alpha value is -0.980. The third kappa shape index (κ3) is 2.84. The molecule has 1 fully saturated rings. The minimum Gasteiger partial charge on any atom is -0.264 e. The zero-order valence-corrected chi connectivity index (χ0v) is 14.1. The molecule has 0 bridgehead atoms. The molecule has 112 valence electrons. The lowest BCUT2D eigenvalue weighted by atomic mass is 9.85. The summed E-state index contributed by atoms with van der Waals surface area (Å²) in [5.74, 6) is 0.450. The van der Waals surface area contributed by atoms with Crippen molar-refractivity contribution in [2.75, 3.05) is 13.6 Å². The van der Waals surface area contributed by atoms with Crippen LogP contribution < -0.4 is 0 Å². The van der Waals surface area contributed by atoms with Gasteiger partial charge in [0.25, 0.3) is 0 Å². The van der Waals surface area contributed by atoms with Crippen LogP contribution >= 0.6 is 15.9 Å². The van der Waals surface area contributed by atoms with E-state index in [0.29, 0.717) is 22.2 Å². The summed E-state index contributed by atoms with van der Waals surface area (Å²) in [5.41, 5.74) is 0. The van der Waals surface area contributed by atoms with E-state index in [1.165, 1.54) is 4.31 Å². The molecule has 0 amide bonds. The Bertz CT molecular complexity index is 752. The Labute approximate surface area is 133 Å². The van der Waals surface area contributed by atoms with E-state index in [9.17, 15) is 8.42 Å². The van der Waals surface area contributed by atoms with Crippen LogP contribution in [0, 0.1) is 5.92 Å². The second-order valence-electron chi connectivity index (χ2n) is 5.57. The molecule has 0 spiro atoms. The molecule has 2 aromatic rings. The smallest absolute Gasteiger partial charge is 0.243 e. The van der Waals surface area contributed by atoms with E-state index in [2.05, 4.69) is 20.9 Å². The van der Waals surface area contributed by atoms with Crippen molar-refractivity contribution in [2.45, 2.75) is 22.6 Å². The van der Waals surface area contributed by atoms with Crippen molar-refractivity contribution < 1.29 is 8.42 Å². The molecular formula is C15H17BrN2O2S. The number of aromatic nitrogens is 1. The van der Waals surface area contributed by atoms with Crippen LogP contribution in [0.2, 0.25) is 0 Å². The zero-order chi connectivity index (χ0) is 15.0. The largest absolute Gasteiger partial charge is 0.264 e. The van der Waals surface area contributed by atoms with Gasteiger partial charge in [-0.3, -0.25) is 4.98 Å². The van der Waals surface area contributed by atoms with E-state index in [0.717, 1.165) is 23.6 Å². The Kier molecular flexibility index (Phi) is 4.03. The Morgan fingerprint density at radius 3 is 2.81 bits per heavy atom. The maximum Gasteiger partial charge on any atom is 0.243 e. The Morgan fingerprint density at radius 1 is 1.33 bits per heavy atom. The second-order valence-corrected chi connectivity index (χ2v) is 8.88. The molecule has 0 aliphatic heterocycles. The number of alkyl halides is 1. The monoisotopic (exact) mass is 368 g/mol. The molecule has 0 radical (unpaired) electrons. The van der Waals surface area contributed by atoms with Crippen LogP contribution in [0.3, 0.4) is 0 Å². The first-order chi connectivity index (χ1) is 9.98. The van der Waals surface area contributed by atoms with Crippen molar-refractivity contribution in [3.05, 3.63) is 36.7 Å². The number of nitrogens with zero attached hydrogens (tertiary/aromatic N) is 2. The lowest BCUT2D eigenvalue weighted by Crippen LogP contribution is -2.37. The third-order valence-electron chi connectivity index (χ3n) is 4.02. The highest BCUT2D eigenvalue weighted by Crippen LogP contribution is 2.35. The lowest BCUT2D eigenvalue weighted by Gasteiger charge is -2.34. The quantitative estimate of drug-likeness (QED) is 0.779. The van der Waals surface area contributed by atoms with Crippen LogP contribution in [-0.2, 0) is 10.0 Å². The number of pyridine rings is 1. The van der Waals surface area contributed by atoms with E-state index >= 15 is 0 Å². The fraction of sp³-hybridized carbons (Fsp3) is 0.400. The topological polar surface area (TPSA) is 50.3 Å². The van der Waals surface area contributed by atoms with Crippen LogP contribution in [0.1, 0.15) is 12.8 Å². The molecule has 1 aliphatic carbocycles. The van der Waals surface area contributed by atoms with Crippen LogP contribution in [0.25, 0.3) is 10.8 Å². The van der Waals surface area contributed by atoms with Crippen molar-refractivity contribution in [3.8, 4) is 0 Å². The van der Waals surface area contributed by atoms with Crippen molar-refractivity contribution in [3.63, 3.8) is 0 Å². The summed E-state index contributed by atoms with van der Waals surface area (Å²) in [7, 11) is -1.80. The molecule has 1 aliphatic rings. The highest BCUT2D eigenvalue weighted by Gasteiger charge is 2.31. The van der Waals surface area contributed by atoms with Crippen molar-refractivity contribution in [1.29, 1.82) is 0 Å². The summed E-state index contributed by atoms with van der Waals surface area (Å²) in [6, 6.07) is 7.07. The maximum absolute atomic E-state index is 12.8. The predicted molar refractivity (Wildman–Crippen MR) is 87.0 cm³/mol. The number of hydrogen-bond acceptors (Lipinski definition) is 3. The van der Waals surface area contributed by atoms with Gasteiger partial charge in [0.05, 0.1) is 4.90 Å². The summed E-state index contributed by atoms with van der Waals surface area (Å²) in [4.78, 5) is 4.95. The van der Waals surface area contributed by atoms with Gasteiger partial charge in [0.1, 0.15) is 0 Å². The van der Waals surface area contributed by atoms with E-state index in [1.807, 2.05) is 6.07 Å².